The Hall–Kier alpha value is -0.420. The molecule has 90 valence electrons. The molecule has 0 bridgehead atoms. The third kappa shape index (κ3) is 3.28. The number of hydrogen-bond acceptors (Lipinski definition) is 2. The molecule has 1 nitrogen and oxygen atoms in total. The first-order valence-corrected chi connectivity index (χ1v) is 7.05. The number of nitrogens with two attached hydrogens (primary N) is 1. The summed E-state index contributed by atoms with van der Waals surface area (Å²) in [6, 6.07) is 6.14. The average molecular weight is 335 g/mol. The summed E-state index contributed by atoms with van der Waals surface area (Å²) < 4.78 is 14.1. The molecule has 0 aliphatic carbocycles. The van der Waals surface area contributed by atoms with Crippen molar-refractivity contribution in [3.8, 4) is 0 Å². The molecule has 1 heterocycles. The Morgan fingerprint density at radius 2 is 2.18 bits per heavy atom. The Labute approximate surface area is 117 Å². The van der Waals surface area contributed by atoms with Crippen LogP contribution in [0.2, 0.25) is 5.02 Å². The van der Waals surface area contributed by atoms with Gasteiger partial charge in [0.25, 0.3) is 0 Å². The fourth-order valence-corrected chi connectivity index (χ4v) is 3.01. The highest BCUT2D eigenvalue weighted by atomic mass is 79.9. The van der Waals surface area contributed by atoms with Crippen molar-refractivity contribution in [1.29, 1.82) is 0 Å². The van der Waals surface area contributed by atoms with Crippen molar-refractivity contribution >= 4 is 38.9 Å². The van der Waals surface area contributed by atoms with Crippen molar-refractivity contribution in [3.63, 3.8) is 0 Å². The largest absolute Gasteiger partial charge is 0.324 e. The van der Waals surface area contributed by atoms with Gasteiger partial charge < -0.3 is 5.73 Å². The second-order valence-electron chi connectivity index (χ2n) is 3.73. The first kappa shape index (κ1) is 13.0. The fraction of sp³-hybridized carbons (Fsp3) is 0.167. The quantitative estimate of drug-likeness (QED) is 0.876. The number of benzene rings is 1. The highest BCUT2D eigenvalue weighted by Gasteiger charge is 2.11. The van der Waals surface area contributed by atoms with Gasteiger partial charge >= 0.3 is 0 Å². The molecule has 17 heavy (non-hydrogen) atoms. The van der Waals surface area contributed by atoms with Crippen molar-refractivity contribution < 1.29 is 4.39 Å². The van der Waals surface area contributed by atoms with Gasteiger partial charge in [0, 0.05) is 11.1 Å². The van der Waals surface area contributed by atoms with Gasteiger partial charge in [0.1, 0.15) is 5.82 Å². The van der Waals surface area contributed by atoms with Crippen LogP contribution in [0.3, 0.4) is 0 Å². The molecule has 1 atom stereocenters. The van der Waals surface area contributed by atoms with Gasteiger partial charge in [-0.25, -0.2) is 4.39 Å². The standard InChI is InChI=1S/C12H10BrClFNS/c13-12-5-8(6-17-12)11(16)4-7-3-9(15)1-2-10(7)14/h1-3,5-6,11H,4,16H2. The van der Waals surface area contributed by atoms with Crippen LogP contribution in [-0.4, -0.2) is 0 Å². The Kier molecular flexibility index (Phi) is 4.20. The van der Waals surface area contributed by atoms with Crippen molar-refractivity contribution in [2.45, 2.75) is 12.5 Å². The highest BCUT2D eigenvalue weighted by molar-refractivity contribution is 9.11. The van der Waals surface area contributed by atoms with E-state index in [9.17, 15) is 4.39 Å². The maximum atomic E-state index is 13.1. The third-order valence-electron chi connectivity index (χ3n) is 2.46. The molecule has 1 unspecified atom stereocenters. The molecule has 5 heteroatoms. The summed E-state index contributed by atoms with van der Waals surface area (Å²) in [5.74, 6) is -0.289. The lowest BCUT2D eigenvalue weighted by molar-refractivity contribution is 0.622. The molecule has 0 saturated heterocycles. The number of rotatable bonds is 3. The molecule has 0 fully saturated rings. The van der Waals surface area contributed by atoms with Crippen LogP contribution in [0.4, 0.5) is 4.39 Å². The van der Waals surface area contributed by atoms with Gasteiger partial charge in [-0.1, -0.05) is 11.6 Å². The minimum atomic E-state index is -0.289. The second kappa shape index (κ2) is 5.48. The van der Waals surface area contributed by atoms with Gasteiger partial charge in [0.15, 0.2) is 0 Å². The summed E-state index contributed by atoms with van der Waals surface area (Å²) in [5.41, 5.74) is 7.83. The lowest BCUT2D eigenvalue weighted by Crippen LogP contribution is -2.12. The minimum absolute atomic E-state index is 0.170. The molecule has 2 N–H and O–H groups in total. The van der Waals surface area contributed by atoms with E-state index < -0.39 is 0 Å². The van der Waals surface area contributed by atoms with Gasteiger partial charge in [-0.3, -0.25) is 0 Å². The molecular weight excluding hydrogens is 325 g/mol. The van der Waals surface area contributed by atoms with Crippen molar-refractivity contribution in [2.75, 3.05) is 0 Å². The molecule has 0 aliphatic rings. The molecule has 0 amide bonds. The van der Waals surface area contributed by atoms with E-state index in [2.05, 4.69) is 15.9 Å². The van der Waals surface area contributed by atoms with Crippen LogP contribution in [0.15, 0.2) is 33.4 Å². The van der Waals surface area contributed by atoms with Crippen molar-refractivity contribution in [1.82, 2.24) is 0 Å². The van der Waals surface area contributed by atoms with Crippen LogP contribution in [0.1, 0.15) is 17.2 Å². The van der Waals surface area contributed by atoms with Gasteiger partial charge in [-0.15, -0.1) is 11.3 Å². The van der Waals surface area contributed by atoms with Crippen LogP contribution in [0.25, 0.3) is 0 Å². The Balaban J connectivity index is 2.18. The van der Waals surface area contributed by atoms with Crippen molar-refractivity contribution in [2.24, 2.45) is 5.73 Å². The molecule has 0 spiro atoms. The zero-order chi connectivity index (χ0) is 12.4. The van der Waals surface area contributed by atoms with Crippen LogP contribution < -0.4 is 5.73 Å². The topological polar surface area (TPSA) is 26.0 Å². The van der Waals surface area contributed by atoms with E-state index in [1.54, 1.807) is 17.4 Å². The summed E-state index contributed by atoms with van der Waals surface area (Å²) in [5, 5.41) is 2.54. The smallest absolute Gasteiger partial charge is 0.123 e. The second-order valence-corrected chi connectivity index (χ2v) is 6.43. The Morgan fingerprint density at radius 3 is 2.82 bits per heavy atom. The van der Waals surface area contributed by atoms with E-state index in [4.69, 9.17) is 17.3 Å². The average Bonchev–Trinajstić information content (AvgIpc) is 2.70. The van der Waals surface area contributed by atoms with E-state index in [1.165, 1.54) is 12.1 Å². The van der Waals surface area contributed by atoms with E-state index >= 15 is 0 Å². The molecule has 0 aliphatic heterocycles. The van der Waals surface area contributed by atoms with Crippen molar-refractivity contribution in [3.05, 3.63) is 55.4 Å². The lowest BCUT2D eigenvalue weighted by atomic mass is 10.0. The first-order chi connectivity index (χ1) is 8.06. The predicted molar refractivity (Wildman–Crippen MR) is 74.1 cm³/mol. The van der Waals surface area contributed by atoms with E-state index in [0.717, 1.165) is 14.9 Å². The maximum absolute atomic E-state index is 13.1. The molecule has 2 aromatic rings. The Morgan fingerprint density at radius 1 is 1.41 bits per heavy atom. The predicted octanol–water partition coefficient (Wildman–Crippen LogP) is 4.55. The maximum Gasteiger partial charge on any atom is 0.123 e. The van der Waals surface area contributed by atoms with E-state index in [0.29, 0.717) is 11.4 Å². The molecule has 1 aromatic carbocycles. The summed E-state index contributed by atoms with van der Waals surface area (Å²) in [6.07, 6.45) is 0.528. The van der Waals surface area contributed by atoms with E-state index in [1.807, 2.05) is 11.4 Å². The van der Waals surface area contributed by atoms with Crippen LogP contribution >= 0.6 is 38.9 Å². The van der Waals surface area contributed by atoms with Crippen LogP contribution in [0.5, 0.6) is 0 Å². The SMILES string of the molecule is NC(Cc1cc(F)ccc1Cl)c1csc(Br)c1. The summed E-state index contributed by atoms with van der Waals surface area (Å²) >= 11 is 11.0. The summed E-state index contributed by atoms with van der Waals surface area (Å²) in [7, 11) is 0. The van der Waals surface area contributed by atoms with E-state index in [-0.39, 0.29) is 11.9 Å². The molecular formula is C12H10BrClFNS. The fourth-order valence-electron chi connectivity index (χ4n) is 1.57. The monoisotopic (exact) mass is 333 g/mol. The minimum Gasteiger partial charge on any atom is -0.324 e. The molecule has 1 aromatic heterocycles. The van der Waals surface area contributed by atoms with Gasteiger partial charge in [0.05, 0.1) is 3.79 Å². The number of hydrogen-bond donors (Lipinski definition) is 1. The molecule has 2 rings (SSSR count). The third-order valence-corrected chi connectivity index (χ3v) is 4.35. The van der Waals surface area contributed by atoms with Crippen LogP contribution in [0, 0.1) is 5.82 Å². The van der Waals surface area contributed by atoms with Crippen LogP contribution in [-0.2, 0) is 6.42 Å². The normalized spacial score (nSPS) is 12.7. The van der Waals surface area contributed by atoms with Gasteiger partial charge in [-0.2, -0.15) is 0 Å². The molecule has 0 radical (unpaired) electrons. The molecule has 0 saturated carbocycles. The highest BCUT2D eigenvalue weighted by Crippen LogP contribution is 2.28. The van der Waals surface area contributed by atoms with Gasteiger partial charge in [0.2, 0.25) is 0 Å². The lowest BCUT2D eigenvalue weighted by Gasteiger charge is -2.11. The zero-order valence-electron chi connectivity index (χ0n) is 8.79. The Bertz CT molecular complexity index is 529. The number of thiophene rings is 1. The summed E-state index contributed by atoms with van der Waals surface area (Å²) in [6.45, 7) is 0. The number of halogens is 3. The summed E-state index contributed by atoms with van der Waals surface area (Å²) in [4.78, 5) is 0. The van der Waals surface area contributed by atoms with Gasteiger partial charge in [-0.05, 0) is 63.1 Å². The first-order valence-electron chi connectivity index (χ1n) is 4.99. The zero-order valence-corrected chi connectivity index (χ0v) is 11.9.